The minimum Gasteiger partial charge on any atom is -0.229 e. The van der Waals surface area contributed by atoms with Crippen LogP contribution in [0.4, 0.5) is 0 Å². The number of hydrogen-bond donors (Lipinski definition) is 0. The fourth-order valence-corrected chi connectivity index (χ4v) is 5.43. The normalized spacial score (nSPS) is 18.7. The monoisotopic (exact) mass is 306 g/mol. The summed E-state index contributed by atoms with van der Waals surface area (Å²) >= 11 is 3.80. The highest BCUT2D eigenvalue weighted by Gasteiger charge is 2.22. The number of fused-ring (bicyclic) bond motifs is 3. The summed E-state index contributed by atoms with van der Waals surface area (Å²) in [4.78, 5) is 11.8. The molecule has 0 aromatic carbocycles. The molecular weight excluding hydrogens is 284 g/mol. The lowest BCUT2D eigenvalue weighted by Gasteiger charge is -2.18. The van der Waals surface area contributed by atoms with E-state index in [0.29, 0.717) is 0 Å². The molecule has 0 unspecified atom stereocenters. The van der Waals surface area contributed by atoms with Crippen LogP contribution in [0.2, 0.25) is 0 Å². The molecule has 2 heterocycles. The Balaban J connectivity index is 1.92. The van der Waals surface area contributed by atoms with E-state index in [4.69, 9.17) is 0 Å². The average molecular weight is 307 g/mol. The van der Waals surface area contributed by atoms with Crippen LogP contribution in [0.1, 0.15) is 44.1 Å². The highest BCUT2D eigenvalue weighted by molar-refractivity contribution is 7.99. The van der Waals surface area contributed by atoms with Crippen molar-refractivity contribution < 1.29 is 0 Å². The van der Waals surface area contributed by atoms with Crippen molar-refractivity contribution in [3.8, 4) is 0 Å². The molecule has 1 aliphatic rings. The van der Waals surface area contributed by atoms with Crippen LogP contribution in [0.5, 0.6) is 0 Å². The van der Waals surface area contributed by atoms with Crippen molar-refractivity contribution >= 4 is 33.3 Å². The average Bonchev–Trinajstić information content (AvgIpc) is 2.76. The largest absolute Gasteiger partial charge is 0.229 e. The minimum atomic E-state index is 0.761. The van der Waals surface area contributed by atoms with E-state index in [-0.39, 0.29) is 0 Å². The highest BCUT2D eigenvalue weighted by atomic mass is 32.2. The summed E-state index contributed by atoms with van der Waals surface area (Å²) in [5, 5.41) is 2.58. The van der Waals surface area contributed by atoms with Gasteiger partial charge < -0.3 is 0 Å². The highest BCUT2D eigenvalue weighted by Crippen LogP contribution is 2.40. The maximum absolute atomic E-state index is 4.56. The van der Waals surface area contributed by atoms with Gasteiger partial charge in [0.2, 0.25) is 0 Å². The Morgan fingerprint density at radius 2 is 2.25 bits per heavy atom. The molecule has 0 amide bonds. The van der Waals surface area contributed by atoms with E-state index in [0.717, 1.165) is 17.6 Å². The number of nitrogens with zero attached hydrogens (tertiary/aromatic N) is 2. The lowest BCUT2D eigenvalue weighted by molar-refractivity contribution is 0.509. The quantitative estimate of drug-likeness (QED) is 0.590. The lowest BCUT2D eigenvalue weighted by atomic mass is 9.89. The van der Waals surface area contributed by atoms with Crippen molar-refractivity contribution in [1.82, 2.24) is 9.97 Å². The number of thioether (sulfide) groups is 1. The minimum absolute atomic E-state index is 0.761. The predicted octanol–water partition coefficient (Wildman–Crippen LogP) is 4.95. The van der Waals surface area contributed by atoms with Gasteiger partial charge in [-0.05, 0) is 48.8 Å². The SMILES string of the molecule is CC(C)CCSc1ncnc2sc3c(c12)CC[C@H](C)C3. The summed E-state index contributed by atoms with van der Waals surface area (Å²) in [6, 6.07) is 0. The van der Waals surface area contributed by atoms with Crippen LogP contribution < -0.4 is 0 Å². The zero-order valence-electron chi connectivity index (χ0n) is 12.5. The van der Waals surface area contributed by atoms with Gasteiger partial charge in [0.25, 0.3) is 0 Å². The summed E-state index contributed by atoms with van der Waals surface area (Å²) in [7, 11) is 0. The van der Waals surface area contributed by atoms with Crippen LogP contribution in [-0.4, -0.2) is 15.7 Å². The van der Waals surface area contributed by atoms with Gasteiger partial charge in [0, 0.05) is 10.3 Å². The first kappa shape index (κ1) is 14.3. The molecule has 2 nitrogen and oxygen atoms in total. The van der Waals surface area contributed by atoms with Crippen molar-refractivity contribution in [2.75, 3.05) is 5.75 Å². The standard InChI is InChI=1S/C16H22N2S2/c1-10(2)6-7-19-15-14-12-5-4-11(3)8-13(12)20-16(14)18-9-17-15/h9-11H,4-8H2,1-3H3/t11-/m0/s1. The van der Waals surface area contributed by atoms with E-state index in [2.05, 4.69) is 30.7 Å². The third-order valence-electron chi connectivity index (χ3n) is 3.99. The second-order valence-corrected chi connectivity index (χ2v) is 8.41. The maximum Gasteiger partial charge on any atom is 0.128 e. The molecule has 1 aliphatic carbocycles. The van der Waals surface area contributed by atoms with E-state index < -0.39 is 0 Å². The number of aromatic nitrogens is 2. The van der Waals surface area contributed by atoms with Gasteiger partial charge >= 0.3 is 0 Å². The van der Waals surface area contributed by atoms with Crippen LogP contribution in [0.15, 0.2) is 11.4 Å². The Morgan fingerprint density at radius 1 is 1.40 bits per heavy atom. The first-order valence-electron chi connectivity index (χ1n) is 7.53. The fourth-order valence-electron chi connectivity index (χ4n) is 2.75. The molecule has 0 saturated carbocycles. The Labute approximate surface area is 129 Å². The van der Waals surface area contributed by atoms with E-state index in [9.17, 15) is 0 Å². The van der Waals surface area contributed by atoms with Crippen molar-refractivity contribution in [2.24, 2.45) is 11.8 Å². The Kier molecular flexibility index (Phi) is 4.32. The van der Waals surface area contributed by atoms with Gasteiger partial charge in [0.15, 0.2) is 0 Å². The molecule has 2 aromatic heterocycles. The second kappa shape index (κ2) is 6.02. The summed E-state index contributed by atoms with van der Waals surface area (Å²) in [6.45, 7) is 6.92. The van der Waals surface area contributed by atoms with Crippen LogP contribution in [0.25, 0.3) is 10.2 Å². The zero-order chi connectivity index (χ0) is 14.1. The second-order valence-electron chi connectivity index (χ2n) is 6.24. The third-order valence-corrected chi connectivity index (χ3v) is 6.18. The van der Waals surface area contributed by atoms with Crippen LogP contribution in [0.3, 0.4) is 0 Å². The first-order chi connectivity index (χ1) is 9.65. The van der Waals surface area contributed by atoms with Gasteiger partial charge in [-0.1, -0.05) is 20.8 Å². The number of rotatable bonds is 4. The van der Waals surface area contributed by atoms with Gasteiger partial charge in [-0.15, -0.1) is 23.1 Å². The van der Waals surface area contributed by atoms with Crippen molar-refractivity contribution in [2.45, 2.75) is 51.5 Å². The summed E-state index contributed by atoms with van der Waals surface area (Å²) in [5.41, 5.74) is 1.55. The first-order valence-corrected chi connectivity index (χ1v) is 9.33. The Bertz CT molecular complexity index is 604. The Morgan fingerprint density at radius 3 is 3.05 bits per heavy atom. The van der Waals surface area contributed by atoms with Gasteiger partial charge in [-0.2, -0.15) is 0 Å². The third kappa shape index (κ3) is 2.86. The van der Waals surface area contributed by atoms with Gasteiger partial charge in [-0.3, -0.25) is 0 Å². The van der Waals surface area contributed by atoms with Crippen molar-refractivity contribution in [3.63, 3.8) is 0 Å². The van der Waals surface area contributed by atoms with Crippen molar-refractivity contribution in [1.29, 1.82) is 0 Å². The molecule has 20 heavy (non-hydrogen) atoms. The fraction of sp³-hybridized carbons (Fsp3) is 0.625. The van der Waals surface area contributed by atoms with Crippen LogP contribution in [0, 0.1) is 11.8 Å². The number of hydrogen-bond acceptors (Lipinski definition) is 4. The molecule has 4 heteroatoms. The molecule has 108 valence electrons. The predicted molar refractivity (Wildman–Crippen MR) is 88.8 cm³/mol. The van der Waals surface area contributed by atoms with E-state index in [1.54, 1.807) is 16.8 Å². The van der Waals surface area contributed by atoms with E-state index >= 15 is 0 Å². The molecule has 0 spiro atoms. The summed E-state index contributed by atoms with van der Waals surface area (Å²) < 4.78 is 0. The Hall–Kier alpha value is -0.610. The van der Waals surface area contributed by atoms with Crippen LogP contribution in [-0.2, 0) is 12.8 Å². The summed E-state index contributed by atoms with van der Waals surface area (Å²) in [5.74, 6) is 2.74. The molecule has 0 N–H and O–H groups in total. The smallest absolute Gasteiger partial charge is 0.128 e. The molecule has 0 aliphatic heterocycles. The molecule has 3 rings (SSSR count). The molecule has 1 atom stereocenters. The molecule has 2 aromatic rings. The van der Waals surface area contributed by atoms with E-state index in [1.807, 2.05) is 23.1 Å². The van der Waals surface area contributed by atoms with E-state index in [1.165, 1.54) is 40.9 Å². The molecule has 0 bridgehead atoms. The molecule has 0 radical (unpaired) electrons. The lowest BCUT2D eigenvalue weighted by Crippen LogP contribution is -2.08. The topological polar surface area (TPSA) is 25.8 Å². The molecular formula is C16H22N2S2. The van der Waals surface area contributed by atoms with Gasteiger partial charge in [-0.25, -0.2) is 9.97 Å². The van der Waals surface area contributed by atoms with Gasteiger partial charge in [0.05, 0.1) is 0 Å². The summed E-state index contributed by atoms with van der Waals surface area (Å²) in [6.07, 6.45) is 6.74. The van der Waals surface area contributed by atoms with Crippen LogP contribution >= 0.6 is 23.1 Å². The molecule has 0 fully saturated rings. The molecule has 0 saturated heterocycles. The number of aryl methyl sites for hydroxylation is 1. The number of thiophene rings is 1. The van der Waals surface area contributed by atoms with Crippen molar-refractivity contribution in [3.05, 3.63) is 16.8 Å². The van der Waals surface area contributed by atoms with Gasteiger partial charge in [0.1, 0.15) is 16.2 Å². The zero-order valence-corrected chi connectivity index (χ0v) is 14.1. The maximum atomic E-state index is 4.56.